The maximum Gasteiger partial charge on any atom is 0.331 e. The first-order valence-corrected chi connectivity index (χ1v) is 8.23. The van der Waals surface area contributed by atoms with Crippen LogP contribution in [0.1, 0.15) is 60.3 Å². The number of aliphatic carboxylic acids is 1. The molecule has 4 nitrogen and oxygen atoms in total. The number of carbonyl (C=O) groups is 2. The quantitative estimate of drug-likeness (QED) is 0.614. The van der Waals surface area contributed by atoms with Crippen LogP contribution in [0.25, 0.3) is 0 Å². The number of esters is 1. The molecule has 1 rings (SSSR count). The summed E-state index contributed by atoms with van der Waals surface area (Å²) in [6, 6.07) is 0. The molecule has 0 heterocycles. The van der Waals surface area contributed by atoms with Crippen LogP contribution in [0, 0.1) is 23.2 Å². The third-order valence-electron chi connectivity index (χ3n) is 4.73. The van der Waals surface area contributed by atoms with E-state index in [4.69, 9.17) is 9.84 Å². The van der Waals surface area contributed by atoms with Crippen molar-refractivity contribution in [1.82, 2.24) is 0 Å². The van der Waals surface area contributed by atoms with Crippen molar-refractivity contribution in [2.45, 2.75) is 66.4 Å². The topological polar surface area (TPSA) is 63.6 Å². The normalized spacial score (nSPS) is 24.5. The maximum absolute atomic E-state index is 11.8. The third-order valence-corrected chi connectivity index (χ3v) is 4.73. The van der Waals surface area contributed by atoms with Crippen molar-refractivity contribution in [3.63, 3.8) is 0 Å². The van der Waals surface area contributed by atoms with Gasteiger partial charge >= 0.3 is 11.9 Å². The van der Waals surface area contributed by atoms with Gasteiger partial charge in [0, 0.05) is 12.2 Å². The fourth-order valence-corrected chi connectivity index (χ4v) is 3.40. The first kappa shape index (κ1) is 18.7. The van der Waals surface area contributed by atoms with Gasteiger partial charge in [-0.15, -0.1) is 0 Å². The van der Waals surface area contributed by atoms with Crippen molar-refractivity contribution in [2.75, 3.05) is 0 Å². The summed E-state index contributed by atoms with van der Waals surface area (Å²) in [7, 11) is 0. The molecule has 1 N–H and O–H groups in total. The number of carboxylic acid groups (broad SMARTS) is 1. The first-order valence-electron chi connectivity index (χ1n) is 8.23. The van der Waals surface area contributed by atoms with Crippen LogP contribution in [0.2, 0.25) is 0 Å². The second-order valence-corrected chi connectivity index (χ2v) is 7.79. The Morgan fingerprint density at radius 1 is 1.09 bits per heavy atom. The molecule has 126 valence electrons. The van der Waals surface area contributed by atoms with Crippen molar-refractivity contribution in [3.8, 4) is 0 Å². The van der Waals surface area contributed by atoms with E-state index in [1.54, 1.807) is 0 Å². The lowest BCUT2D eigenvalue weighted by atomic mass is 9.68. The van der Waals surface area contributed by atoms with Crippen molar-refractivity contribution in [2.24, 2.45) is 23.2 Å². The van der Waals surface area contributed by atoms with Crippen LogP contribution in [-0.4, -0.2) is 23.1 Å². The van der Waals surface area contributed by atoms with Gasteiger partial charge < -0.3 is 9.84 Å². The highest BCUT2D eigenvalue weighted by molar-refractivity contribution is 5.90. The minimum Gasteiger partial charge on any atom is -0.478 e. The molecular weight excluding hydrogens is 280 g/mol. The molecule has 0 amide bonds. The molecule has 0 spiro atoms. The van der Waals surface area contributed by atoms with Gasteiger partial charge in [-0.2, -0.15) is 0 Å². The zero-order valence-electron chi connectivity index (χ0n) is 14.5. The first-order chi connectivity index (χ1) is 10.1. The van der Waals surface area contributed by atoms with E-state index in [9.17, 15) is 9.59 Å². The Morgan fingerprint density at radius 3 is 2.05 bits per heavy atom. The second-order valence-electron chi connectivity index (χ2n) is 7.79. The van der Waals surface area contributed by atoms with Crippen LogP contribution in [0.4, 0.5) is 0 Å². The minimum atomic E-state index is -1.14. The molecule has 1 aliphatic carbocycles. The third kappa shape index (κ3) is 5.82. The van der Waals surface area contributed by atoms with Crippen molar-refractivity contribution in [1.29, 1.82) is 0 Å². The van der Waals surface area contributed by atoms with Gasteiger partial charge in [-0.3, -0.25) is 0 Å². The summed E-state index contributed by atoms with van der Waals surface area (Å²) in [5.74, 6) is -0.360. The van der Waals surface area contributed by atoms with E-state index in [0.717, 1.165) is 30.9 Å². The van der Waals surface area contributed by atoms with E-state index in [0.29, 0.717) is 11.3 Å². The van der Waals surface area contributed by atoms with Crippen LogP contribution in [0.3, 0.4) is 0 Å². The summed E-state index contributed by atoms with van der Waals surface area (Å²) in [6.07, 6.45) is 6.17. The number of carbonyl (C=O) groups excluding carboxylic acids is 1. The zero-order valence-corrected chi connectivity index (χ0v) is 14.5. The molecule has 0 aromatic rings. The van der Waals surface area contributed by atoms with Crippen molar-refractivity contribution >= 4 is 11.9 Å². The summed E-state index contributed by atoms with van der Waals surface area (Å²) in [6.45, 7) is 11.0. The number of rotatable bonds is 5. The molecule has 0 aromatic carbocycles. The molecule has 1 saturated carbocycles. The lowest BCUT2D eigenvalue weighted by Crippen LogP contribution is -2.36. The Bertz CT molecular complexity index is 409. The van der Waals surface area contributed by atoms with E-state index < -0.39 is 11.9 Å². The van der Waals surface area contributed by atoms with E-state index in [2.05, 4.69) is 34.6 Å². The summed E-state index contributed by atoms with van der Waals surface area (Å²) < 4.78 is 5.53. The molecule has 4 heteroatoms. The summed E-state index contributed by atoms with van der Waals surface area (Å²) in [4.78, 5) is 22.2. The minimum absolute atomic E-state index is 0.133. The summed E-state index contributed by atoms with van der Waals surface area (Å²) >= 11 is 0. The van der Waals surface area contributed by atoms with Gasteiger partial charge in [-0.1, -0.05) is 34.6 Å². The van der Waals surface area contributed by atoms with Crippen molar-refractivity contribution < 1.29 is 19.4 Å². The number of carboxylic acids is 1. The van der Waals surface area contributed by atoms with Crippen LogP contribution < -0.4 is 0 Å². The van der Waals surface area contributed by atoms with Gasteiger partial charge in [0.05, 0.1) is 0 Å². The van der Waals surface area contributed by atoms with E-state index in [-0.39, 0.29) is 12.0 Å². The van der Waals surface area contributed by atoms with Crippen LogP contribution >= 0.6 is 0 Å². The average Bonchev–Trinajstić information content (AvgIpc) is 2.41. The molecule has 1 unspecified atom stereocenters. The molecule has 0 saturated heterocycles. The van der Waals surface area contributed by atoms with Crippen LogP contribution in [0.15, 0.2) is 12.2 Å². The predicted octanol–water partition coefficient (Wildman–Crippen LogP) is 4.05. The molecule has 0 aliphatic heterocycles. The molecule has 22 heavy (non-hydrogen) atoms. The van der Waals surface area contributed by atoms with E-state index in [1.807, 2.05) is 0 Å². The highest BCUT2D eigenvalue weighted by atomic mass is 16.5. The van der Waals surface area contributed by atoms with Gasteiger partial charge in [0.1, 0.15) is 6.10 Å². The monoisotopic (exact) mass is 310 g/mol. The fraction of sp³-hybridized carbons (Fsp3) is 0.778. The molecule has 1 aliphatic rings. The Morgan fingerprint density at radius 2 is 1.64 bits per heavy atom. The lowest BCUT2D eigenvalue weighted by molar-refractivity contribution is -0.150. The summed E-state index contributed by atoms with van der Waals surface area (Å²) in [5, 5.41) is 8.57. The number of hydrogen-bond donors (Lipinski definition) is 1. The largest absolute Gasteiger partial charge is 0.478 e. The van der Waals surface area contributed by atoms with Crippen LogP contribution in [-0.2, 0) is 14.3 Å². The SMILES string of the molecule is CC(C)C(OC(=O)/C=C/C(=O)O)C1CCC(C(C)(C)C)CC1. The predicted molar refractivity (Wildman–Crippen MR) is 86.4 cm³/mol. The lowest BCUT2D eigenvalue weighted by Gasteiger charge is -2.40. The van der Waals surface area contributed by atoms with E-state index >= 15 is 0 Å². The molecular formula is C18H30O4. The second kappa shape index (κ2) is 7.80. The van der Waals surface area contributed by atoms with Crippen molar-refractivity contribution in [3.05, 3.63) is 12.2 Å². The highest BCUT2D eigenvalue weighted by Gasteiger charge is 2.35. The van der Waals surface area contributed by atoms with Gasteiger partial charge in [0.25, 0.3) is 0 Å². The molecule has 0 bridgehead atoms. The standard InChI is InChI=1S/C18H30O4/c1-12(2)17(22-16(21)11-10-15(19)20)13-6-8-14(9-7-13)18(3,4)5/h10-14,17H,6-9H2,1-5H3,(H,19,20)/b11-10+. The van der Waals surface area contributed by atoms with Gasteiger partial charge in [0.2, 0.25) is 0 Å². The van der Waals surface area contributed by atoms with Gasteiger partial charge in [-0.25, -0.2) is 9.59 Å². The van der Waals surface area contributed by atoms with Crippen LogP contribution in [0.5, 0.6) is 0 Å². The van der Waals surface area contributed by atoms with Gasteiger partial charge in [-0.05, 0) is 48.9 Å². The Labute approximate surface area is 133 Å². The average molecular weight is 310 g/mol. The Hall–Kier alpha value is -1.32. The summed E-state index contributed by atoms with van der Waals surface area (Å²) in [5.41, 5.74) is 0.333. The fourth-order valence-electron chi connectivity index (χ4n) is 3.40. The smallest absolute Gasteiger partial charge is 0.331 e. The number of hydrogen-bond acceptors (Lipinski definition) is 3. The Balaban J connectivity index is 2.62. The zero-order chi connectivity index (χ0) is 16.9. The molecule has 1 fully saturated rings. The van der Waals surface area contributed by atoms with Gasteiger partial charge in [0.15, 0.2) is 0 Å². The molecule has 0 aromatic heterocycles. The number of ether oxygens (including phenoxy) is 1. The van der Waals surface area contributed by atoms with E-state index in [1.165, 1.54) is 12.8 Å². The molecule has 0 radical (unpaired) electrons. The highest BCUT2D eigenvalue weighted by Crippen LogP contribution is 2.42. The molecule has 1 atom stereocenters. The maximum atomic E-state index is 11.8. The Kier molecular flexibility index (Phi) is 6.64.